The van der Waals surface area contributed by atoms with E-state index >= 15 is 0 Å². The van der Waals surface area contributed by atoms with Gasteiger partial charge in [0.05, 0.1) is 19.1 Å². The number of methoxy groups -OCH3 is 1. The standard InChI is InChI=1S/C24H24N4O3/c1-16-5-3-6-18(11-16)13-26-15-25-22-21(26)23(29)27(14-17-9-10-17)24(30)28(22)19-7-4-8-20(12-19)31-2/h3-8,11-12,15,17H,9-10,13-14H2,1-2H3. The molecule has 0 saturated heterocycles. The lowest BCUT2D eigenvalue weighted by molar-refractivity contribution is 0.414. The Morgan fingerprint density at radius 1 is 1.10 bits per heavy atom. The third-order valence-electron chi connectivity index (χ3n) is 5.78. The van der Waals surface area contributed by atoms with E-state index in [0.717, 1.165) is 24.0 Å². The predicted molar refractivity (Wildman–Crippen MR) is 119 cm³/mol. The highest BCUT2D eigenvalue weighted by Crippen LogP contribution is 2.30. The van der Waals surface area contributed by atoms with Gasteiger partial charge in [-0.15, -0.1) is 0 Å². The maximum Gasteiger partial charge on any atom is 0.337 e. The molecule has 7 heteroatoms. The molecule has 2 aromatic carbocycles. The highest BCUT2D eigenvalue weighted by Gasteiger charge is 2.26. The maximum absolute atomic E-state index is 13.4. The van der Waals surface area contributed by atoms with Crippen LogP contribution in [0.15, 0.2) is 64.4 Å². The molecule has 158 valence electrons. The second kappa shape index (κ2) is 7.58. The summed E-state index contributed by atoms with van der Waals surface area (Å²) in [6.45, 7) is 2.99. The molecule has 1 fully saturated rings. The summed E-state index contributed by atoms with van der Waals surface area (Å²) in [5.41, 5.74) is 3.01. The average molecular weight is 416 g/mol. The fraction of sp³-hybridized carbons (Fsp3) is 0.292. The molecule has 0 spiro atoms. The molecule has 7 nitrogen and oxygen atoms in total. The minimum Gasteiger partial charge on any atom is -0.497 e. The normalized spacial score (nSPS) is 13.6. The van der Waals surface area contributed by atoms with Crippen molar-refractivity contribution in [3.63, 3.8) is 0 Å². The monoisotopic (exact) mass is 416 g/mol. The second-order valence-corrected chi connectivity index (χ2v) is 8.21. The van der Waals surface area contributed by atoms with Crippen LogP contribution in [-0.4, -0.2) is 25.8 Å². The first kappa shape index (κ1) is 19.4. The summed E-state index contributed by atoms with van der Waals surface area (Å²) in [5.74, 6) is 1.02. The van der Waals surface area contributed by atoms with Gasteiger partial charge in [-0.2, -0.15) is 0 Å². The zero-order chi connectivity index (χ0) is 21.5. The van der Waals surface area contributed by atoms with Crippen LogP contribution in [0, 0.1) is 12.8 Å². The highest BCUT2D eigenvalue weighted by atomic mass is 16.5. The lowest BCUT2D eigenvalue weighted by Gasteiger charge is -2.13. The first-order valence-electron chi connectivity index (χ1n) is 10.5. The van der Waals surface area contributed by atoms with Crippen LogP contribution in [0.3, 0.4) is 0 Å². The quantitative estimate of drug-likeness (QED) is 0.484. The van der Waals surface area contributed by atoms with Crippen LogP contribution in [0.2, 0.25) is 0 Å². The minimum atomic E-state index is -0.363. The Labute approximate surface area is 179 Å². The van der Waals surface area contributed by atoms with Crippen molar-refractivity contribution >= 4 is 11.2 Å². The third kappa shape index (κ3) is 3.56. The van der Waals surface area contributed by atoms with Crippen molar-refractivity contribution in [2.75, 3.05) is 7.11 Å². The molecule has 0 amide bonds. The zero-order valence-corrected chi connectivity index (χ0v) is 17.6. The topological polar surface area (TPSA) is 71.1 Å². The van der Waals surface area contributed by atoms with Gasteiger partial charge in [-0.3, -0.25) is 9.36 Å². The summed E-state index contributed by atoms with van der Waals surface area (Å²) in [5, 5.41) is 0. The van der Waals surface area contributed by atoms with E-state index in [1.807, 2.05) is 47.9 Å². The van der Waals surface area contributed by atoms with Crippen molar-refractivity contribution in [1.82, 2.24) is 18.7 Å². The lowest BCUT2D eigenvalue weighted by atomic mass is 10.1. The van der Waals surface area contributed by atoms with Gasteiger partial charge in [-0.05, 0) is 43.4 Å². The van der Waals surface area contributed by atoms with Gasteiger partial charge in [0, 0.05) is 19.2 Å². The van der Waals surface area contributed by atoms with Crippen LogP contribution in [0.4, 0.5) is 0 Å². The molecule has 4 aromatic rings. The summed E-state index contributed by atoms with van der Waals surface area (Å²) >= 11 is 0. The number of nitrogens with zero attached hydrogens (tertiary/aromatic N) is 4. The predicted octanol–water partition coefficient (Wildman–Crippen LogP) is 3.12. The fourth-order valence-corrected chi connectivity index (χ4v) is 4.01. The number of hydrogen-bond donors (Lipinski definition) is 0. The molecule has 5 rings (SSSR count). The highest BCUT2D eigenvalue weighted by molar-refractivity contribution is 5.72. The molecule has 1 saturated carbocycles. The van der Waals surface area contributed by atoms with Gasteiger partial charge < -0.3 is 9.30 Å². The minimum absolute atomic E-state index is 0.281. The molecule has 0 aliphatic heterocycles. The molecule has 31 heavy (non-hydrogen) atoms. The Morgan fingerprint density at radius 2 is 1.90 bits per heavy atom. The first-order valence-corrected chi connectivity index (χ1v) is 10.5. The van der Waals surface area contributed by atoms with Gasteiger partial charge in [0.15, 0.2) is 11.2 Å². The van der Waals surface area contributed by atoms with Gasteiger partial charge >= 0.3 is 5.69 Å². The number of fused-ring (bicyclic) bond motifs is 1. The zero-order valence-electron chi connectivity index (χ0n) is 17.6. The average Bonchev–Trinajstić information content (AvgIpc) is 3.50. The Balaban J connectivity index is 1.75. The lowest BCUT2D eigenvalue weighted by Crippen LogP contribution is -2.40. The molecule has 2 heterocycles. The number of benzene rings is 2. The molecule has 0 N–H and O–H groups in total. The van der Waals surface area contributed by atoms with Crippen LogP contribution in [0.5, 0.6) is 5.75 Å². The molecule has 0 bridgehead atoms. The van der Waals surface area contributed by atoms with Crippen molar-refractivity contribution < 1.29 is 4.74 Å². The van der Waals surface area contributed by atoms with Crippen molar-refractivity contribution in [3.05, 3.63) is 86.8 Å². The second-order valence-electron chi connectivity index (χ2n) is 8.21. The molecule has 1 aliphatic rings. The van der Waals surface area contributed by atoms with Crippen molar-refractivity contribution in [1.29, 1.82) is 0 Å². The van der Waals surface area contributed by atoms with Crippen LogP contribution in [0.1, 0.15) is 24.0 Å². The number of imidazole rings is 1. The van der Waals surface area contributed by atoms with Gasteiger partial charge in [0.2, 0.25) is 0 Å². The van der Waals surface area contributed by atoms with Gasteiger partial charge in [0.25, 0.3) is 5.56 Å². The van der Waals surface area contributed by atoms with Crippen molar-refractivity contribution in [2.24, 2.45) is 5.92 Å². The summed E-state index contributed by atoms with van der Waals surface area (Å²) in [6.07, 6.45) is 3.74. The van der Waals surface area contributed by atoms with Crippen LogP contribution in [-0.2, 0) is 13.1 Å². The first-order chi connectivity index (χ1) is 15.0. The largest absolute Gasteiger partial charge is 0.497 e. The van der Waals surface area contributed by atoms with E-state index in [1.54, 1.807) is 19.5 Å². The van der Waals surface area contributed by atoms with Gasteiger partial charge in [-0.25, -0.2) is 14.3 Å². The molecule has 1 aliphatic carbocycles. The Hall–Kier alpha value is -3.61. The molecule has 0 atom stereocenters. The molecular formula is C24H24N4O3. The smallest absolute Gasteiger partial charge is 0.337 e. The van der Waals surface area contributed by atoms with E-state index < -0.39 is 0 Å². The van der Waals surface area contributed by atoms with Crippen LogP contribution in [0.25, 0.3) is 16.9 Å². The third-order valence-corrected chi connectivity index (χ3v) is 5.78. The SMILES string of the molecule is COc1cccc(-n2c(=O)n(CC3CC3)c(=O)c3c2ncn3Cc2cccc(C)c2)c1. The van der Waals surface area contributed by atoms with Crippen LogP contribution < -0.4 is 16.0 Å². The van der Waals surface area contributed by atoms with E-state index in [2.05, 4.69) is 11.1 Å². The van der Waals surface area contributed by atoms with Crippen molar-refractivity contribution in [2.45, 2.75) is 32.9 Å². The summed E-state index contributed by atoms with van der Waals surface area (Å²) in [6, 6.07) is 15.4. The summed E-state index contributed by atoms with van der Waals surface area (Å²) in [7, 11) is 1.59. The van der Waals surface area contributed by atoms with Gasteiger partial charge in [-0.1, -0.05) is 35.9 Å². The van der Waals surface area contributed by atoms with Gasteiger partial charge in [0.1, 0.15) is 5.75 Å². The van der Waals surface area contributed by atoms with E-state index in [-0.39, 0.29) is 11.2 Å². The summed E-state index contributed by atoms with van der Waals surface area (Å²) < 4.78 is 10.1. The summed E-state index contributed by atoms with van der Waals surface area (Å²) in [4.78, 5) is 31.3. The molecular weight excluding hydrogens is 392 g/mol. The fourth-order valence-electron chi connectivity index (χ4n) is 4.01. The number of hydrogen-bond acceptors (Lipinski definition) is 4. The molecule has 2 aromatic heterocycles. The Morgan fingerprint density at radius 3 is 2.65 bits per heavy atom. The van der Waals surface area contributed by atoms with E-state index in [4.69, 9.17) is 4.74 Å². The number of aryl methyl sites for hydroxylation is 1. The van der Waals surface area contributed by atoms with E-state index in [9.17, 15) is 9.59 Å². The van der Waals surface area contributed by atoms with Crippen LogP contribution >= 0.6 is 0 Å². The number of ether oxygens (including phenoxy) is 1. The number of aromatic nitrogens is 4. The Kier molecular flexibility index (Phi) is 4.73. The van der Waals surface area contributed by atoms with E-state index in [0.29, 0.717) is 41.6 Å². The number of rotatable bonds is 6. The molecule has 0 unspecified atom stereocenters. The van der Waals surface area contributed by atoms with Crippen molar-refractivity contribution in [3.8, 4) is 11.4 Å². The molecule has 0 radical (unpaired) electrons. The maximum atomic E-state index is 13.4. The Bertz CT molecular complexity index is 1390. The van der Waals surface area contributed by atoms with E-state index in [1.165, 1.54) is 9.13 Å².